The average molecular weight is 300 g/mol. The Labute approximate surface area is 121 Å². The summed E-state index contributed by atoms with van der Waals surface area (Å²) in [5, 5.41) is 0. The molecule has 3 nitrogen and oxygen atoms in total. The number of nitrogens with zero attached hydrogens (tertiary/aromatic N) is 1. The highest BCUT2D eigenvalue weighted by Crippen LogP contribution is 2.34. The Kier molecular flexibility index (Phi) is 4.56. The van der Waals surface area contributed by atoms with E-state index in [9.17, 15) is 18.0 Å². The molecule has 1 saturated heterocycles. The van der Waals surface area contributed by atoms with Crippen molar-refractivity contribution in [3.05, 3.63) is 34.9 Å². The van der Waals surface area contributed by atoms with Crippen LogP contribution >= 0.6 is 0 Å². The molecular formula is C15H19F3N2O. The maximum Gasteiger partial charge on any atom is 0.416 e. The zero-order valence-corrected chi connectivity index (χ0v) is 11.9. The first-order valence-electron chi connectivity index (χ1n) is 6.96. The topological polar surface area (TPSA) is 46.3 Å². The van der Waals surface area contributed by atoms with Crippen LogP contribution in [0.2, 0.25) is 0 Å². The highest BCUT2D eigenvalue weighted by Gasteiger charge is 2.34. The molecule has 1 aromatic rings. The summed E-state index contributed by atoms with van der Waals surface area (Å²) in [7, 11) is 2.01. The highest BCUT2D eigenvalue weighted by molar-refractivity contribution is 5.93. The number of halogens is 3. The lowest BCUT2D eigenvalue weighted by atomic mass is 9.88. The maximum atomic E-state index is 13.1. The largest absolute Gasteiger partial charge is 0.416 e. The van der Waals surface area contributed by atoms with Crippen LogP contribution < -0.4 is 5.73 Å². The number of hydrogen-bond donors (Lipinski definition) is 1. The van der Waals surface area contributed by atoms with Gasteiger partial charge >= 0.3 is 6.18 Å². The Balaban J connectivity index is 2.24. The molecule has 6 heteroatoms. The summed E-state index contributed by atoms with van der Waals surface area (Å²) >= 11 is 0. The van der Waals surface area contributed by atoms with E-state index < -0.39 is 17.6 Å². The lowest BCUT2D eigenvalue weighted by Gasteiger charge is -2.29. The van der Waals surface area contributed by atoms with Crippen LogP contribution in [0.5, 0.6) is 0 Å². The molecule has 1 amide bonds. The minimum Gasteiger partial charge on any atom is -0.366 e. The van der Waals surface area contributed by atoms with Gasteiger partial charge in [-0.05, 0) is 63.0 Å². The van der Waals surface area contributed by atoms with E-state index in [1.165, 1.54) is 12.1 Å². The van der Waals surface area contributed by atoms with Gasteiger partial charge in [-0.15, -0.1) is 0 Å². The molecule has 0 unspecified atom stereocenters. The number of alkyl halides is 3. The molecule has 2 rings (SSSR count). The summed E-state index contributed by atoms with van der Waals surface area (Å²) < 4.78 is 39.4. The third-order valence-corrected chi connectivity index (χ3v) is 4.05. The van der Waals surface area contributed by atoms with Crippen molar-refractivity contribution < 1.29 is 18.0 Å². The summed E-state index contributed by atoms with van der Waals surface area (Å²) in [5.74, 6) is -0.590. The van der Waals surface area contributed by atoms with Crippen molar-refractivity contribution in [1.82, 2.24) is 4.90 Å². The number of carbonyl (C=O) groups excluding carboxylic acids is 1. The quantitative estimate of drug-likeness (QED) is 0.933. The van der Waals surface area contributed by atoms with Crippen LogP contribution in [0.1, 0.15) is 34.3 Å². The molecule has 21 heavy (non-hydrogen) atoms. The standard InChI is InChI=1S/C15H19F3N2O/c1-20-6-4-10(5-7-20)8-11-2-3-12(14(19)21)9-13(11)15(16,17)18/h2-3,9-10H,4-8H2,1H3,(H2,19,21). The lowest BCUT2D eigenvalue weighted by molar-refractivity contribution is -0.138. The molecule has 116 valence electrons. The van der Waals surface area contributed by atoms with Gasteiger partial charge in [-0.3, -0.25) is 4.79 Å². The maximum absolute atomic E-state index is 13.1. The summed E-state index contributed by atoms with van der Waals surface area (Å²) in [4.78, 5) is 13.2. The van der Waals surface area contributed by atoms with Crippen molar-refractivity contribution in [2.24, 2.45) is 11.7 Å². The molecule has 0 aromatic heterocycles. The Morgan fingerprint density at radius 3 is 2.48 bits per heavy atom. The second-order valence-corrected chi connectivity index (χ2v) is 5.68. The van der Waals surface area contributed by atoms with Gasteiger partial charge < -0.3 is 10.6 Å². The van der Waals surface area contributed by atoms with Gasteiger partial charge in [0, 0.05) is 5.56 Å². The number of rotatable bonds is 3. The SMILES string of the molecule is CN1CCC(Cc2ccc(C(N)=O)cc2C(F)(F)F)CC1. The van der Waals surface area contributed by atoms with Gasteiger partial charge in [-0.2, -0.15) is 13.2 Å². The summed E-state index contributed by atoms with van der Waals surface area (Å²) in [6, 6.07) is 3.63. The Bertz CT molecular complexity index is 520. The molecule has 0 aliphatic carbocycles. The summed E-state index contributed by atoms with van der Waals surface area (Å²) in [6.45, 7) is 1.82. The third-order valence-electron chi connectivity index (χ3n) is 4.05. The van der Waals surface area contributed by atoms with Crippen molar-refractivity contribution in [3.63, 3.8) is 0 Å². The number of hydrogen-bond acceptors (Lipinski definition) is 2. The van der Waals surface area contributed by atoms with Crippen LogP contribution in [0.4, 0.5) is 13.2 Å². The zero-order chi connectivity index (χ0) is 15.6. The fraction of sp³-hybridized carbons (Fsp3) is 0.533. The number of carbonyl (C=O) groups is 1. The summed E-state index contributed by atoms with van der Waals surface area (Å²) in [6.07, 6.45) is -2.29. The van der Waals surface area contributed by atoms with E-state index in [0.29, 0.717) is 6.42 Å². The number of piperidine rings is 1. The van der Waals surface area contributed by atoms with Gasteiger partial charge in [0.1, 0.15) is 0 Å². The van der Waals surface area contributed by atoms with Crippen molar-refractivity contribution in [3.8, 4) is 0 Å². The smallest absolute Gasteiger partial charge is 0.366 e. The van der Waals surface area contributed by atoms with E-state index >= 15 is 0 Å². The first-order chi connectivity index (χ1) is 9.77. The molecular weight excluding hydrogens is 281 g/mol. The minimum atomic E-state index is -4.47. The van der Waals surface area contributed by atoms with E-state index in [-0.39, 0.29) is 17.0 Å². The average Bonchev–Trinajstić information content (AvgIpc) is 2.40. The molecule has 1 aliphatic heterocycles. The monoisotopic (exact) mass is 300 g/mol. The predicted octanol–water partition coefficient (Wildman–Crippen LogP) is 2.69. The molecule has 0 radical (unpaired) electrons. The number of amides is 1. The first kappa shape index (κ1) is 15.8. The molecule has 0 bridgehead atoms. The molecule has 1 heterocycles. The van der Waals surface area contributed by atoms with E-state index in [2.05, 4.69) is 4.90 Å². The number of nitrogens with two attached hydrogens (primary N) is 1. The van der Waals surface area contributed by atoms with Crippen molar-refractivity contribution in [2.75, 3.05) is 20.1 Å². The minimum absolute atomic E-state index is 0.102. The number of primary amides is 1. The Morgan fingerprint density at radius 2 is 1.95 bits per heavy atom. The van der Waals surface area contributed by atoms with Crippen molar-refractivity contribution in [2.45, 2.75) is 25.4 Å². The van der Waals surface area contributed by atoms with Crippen LogP contribution in [0, 0.1) is 5.92 Å². The van der Waals surface area contributed by atoms with Gasteiger partial charge in [0.05, 0.1) is 5.56 Å². The first-order valence-corrected chi connectivity index (χ1v) is 6.96. The molecule has 1 fully saturated rings. The van der Waals surface area contributed by atoms with Crippen LogP contribution in [-0.2, 0) is 12.6 Å². The van der Waals surface area contributed by atoms with E-state index in [4.69, 9.17) is 5.73 Å². The number of benzene rings is 1. The fourth-order valence-corrected chi connectivity index (χ4v) is 2.75. The molecule has 1 aromatic carbocycles. The Morgan fingerprint density at radius 1 is 1.33 bits per heavy atom. The normalized spacial score (nSPS) is 17.9. The highest BCUT2D eigenvalue weighted by atomic mass is 19.4. The molecule has 0 spiro atoms. The van der Waals surface area contributed by atoms with Gasteiger partial charge in [-0.1, -0.05) is 6.07 Å². The van der Waals surface area contributed by atoms with Gasteiger partial charge in [0.2, 0.25) is 5.91 Å². The van der Waals surface area contributed by atoms with Crippen LogP contribution in [0.3, 0.4) is 0 Å². The number of likely N-dealkylation sites (tertiary alicyclic amines) is 1. The summed E-state index contributed by atoms with van der Waals surface area (Å²) in [5.41, 5.74) is 4.48. The predicted molar refractivity (Wildman–Crippen MR) is 73.9 cm³/mol. The van der Waals surface area contributed by atoms with Crippen molar-refractivity contribution >= 4 is 5.91 Å². The third kappa shape index (κ3) is 3.97. The fourth-order valence-electron chi connectivity index (χ4n) is 2.75. The van der Waals surface area contributed by atoms with Gasteiger partial charge in [0.15, 0.2) is 0 Å². The van der Waals surface area contributed by atoms with Gasteiger partial charge in [0.25, 0.3) is 0 Å². The second-order valence-electron chi connectivity index (χ2n) is 5.68. The van der Waals surface area contributed by atoms with Crippen LogP contribution in [-0.4, -0.2) is 30.9 Å². The second kappa shape index (κ2) is 6.05. The van der Waals surface area contributed by atoms with Gasteiger partial charge in [-0.25, -0.2) is 0 Å². The van der Waals surface area contributed by atoms with Crippen LogP contribution in [0.25, 0.3) is 0 Å². The molecule has 0 atom stereocenters. The lowest BCUT2D eigenvalue weighted by Crippen LogP contribution is -2.31. The van der Waals surface area contributed by atoms with Crippen LogP contribution in [0.15, 0.2) is 18.2 Å². The van der Waals surface area contributed by atoms with Crippen molar-refractivity contribution in [1.29, 1.82) is 0 Å². The molecule has 2 N–H and O–H groups in total. The Hall–Kier alpha value is -1.56. The zero-order valence-electron chi connectivity index (χ0n) is 11.9. The molecule has 1 aliphatic rings. The van der Waals surface area contributed by atoms with E-state index in [1.54, 1.807) is 0 Å². The van der Waals surface area contributed by atoms with E-state index in [1.807, 2.05) is 7.05 Å². The molecule has 0 saturated carbocycles. The van der Waals surface area contributed by atoms with E-state index in [0.717, 1.165) is 32.0 Å².